The number of hydrogen-bond acceptors (Lipinski definition) is 10. The van der Waals surface area contributed by atoms with Gasteiger partial charge in [0.2, 0.25) is 5.78 Å². The Bertz CT molecular complexity index is 1280. The summed E-state index contributed by atoms with van der Waals surface area (Å²) in [5.74, 6) is -6.66. The lowest BCUT2D eigenvalue weighted by molar-refractivity contribution is -0.147. The minimum atomic E-state index is -2.60. The Morgan fingerprint density at radius 1 is 1.24 bits per heavy atom. The number of oxime groups is 1. The van der Waals surface area contributed by atoms with Crippen molar-refractivity contribution in [3.8, 4) is 5.75 Å². The Morgan fingerprint density at radius 3 is 2.46 bits per heavy atom. The van der Waals surface area contributed by atoms with Crippen LogP contribution in [0, 0.1) is 11.8 Å². The maximum absolute atomic E-state index is 13.6. The van der Waals surface area contributed by atoms with Crippen LogP contribution >= 0.6 is 0 Å². The Kier molecular flexibility index (Phi) is 7.15. The van der Waals surface area contributed by atoms with Crippen molar-refractivity contribution in [3.63, 3.8) is 0 Å². The van der Waals surface area contributed by atoms with Gasteiger partial charge in [-0.25, -0.2) is 0 Å². The molecule has 11 nitrogen and oxygen atoms in total. The molecule has 0 bridgehead atoms. The summed E-state index contributed by atoms with van der Waals surface area (Å²) in [4.78, 5) is 44.8. The number of nitrogens with two attached hydrogens (primary N) is 1. The summed E-state index contributed by atoms with van der Waals surface area (Å²) in [5, 5.41) is 48.2. The lowest BCUT2D eigenvalue weighted by atomic mass is 9.59. The van der Waals surface area contributed by atoms with Gasteiger partial charge in [0.05, 0.1) is 11.8 Å². The first kappa shape index (κ1) is 27.7. The zero-order valence-electron chi connectivity index (χ0n) is 20.4. The van der Waals surface area contributed by atoms with Crippen molar-refractivity contribution in [2.45, 2.75) is 52.2 Å². The smallest absolute Gasteiger partial charge is 0.255 e. The first-order chi connectivity index (χ1) is 16.8. The molecular formula is C26H33N3O8. The van der Waals surface area contributed by atoms with E-state index in [-0.39, 0.29) is 55.2 Å². The molecule has 1 saturated carbocycles. The van der Waals surface area contributed by atoms with E-state index in [1.165, 1.54) is 6.21 Å². The molecule has 200 valence electrons. The van der Waals surface area contributed by atoms with Gasteiger partial charge in [0.1, 0.15) is 28.9 Å². The van der Waals surface area contributed by atoms with Crippen molar-refractivity contribution < 1.29 is 39.6 Å². The Labute approximate surface area is 214 Å². The molecule has 4 rings (SSSR count). The van der Waals surface area contributed by atoms with Gasteiger partial charge in [-0.3, -0.25) is 14.4 Å². The number of Topliss-reactive ketones (excluding diaryl/α,β-unsaturated/α-hetero) is 2. The summed E-state index contributed by atoms with van der Waals surface area (Å²) in [6.07, 6.45) is 1.02. The van der Waals surface area contributed by atoms with Gasteiger partial charge in [0, 0.05) is 43.3 Å². The fourth-order valence-electron chi connectivity index (χ4n) is 5.40. The highest BCUT2D eigenvalue weighted by Crippen LogP contribution is 2.53. The van der Waals surface area contributed by atoms with Crippen LogP contribution in [0.15, 0.2) is 28.1 Å². The number of aliphatic hydroxyl groups excluding tert-OH is 2. The first-order valence-corrected chi connectivity index (χ1v) is 11.5. The van der Waals surface area contributed by atoms with Crippen molar-refractivity contribution in [2.24, 2.45) is 22.7 Å². The summed E-state index contributed by atoms with van der Waals surface area (Å²) in [6.45, 7) is 3.56. The quantitative estimate of drug-likeness (QED) is 0.222. The van der Waals surface area contributed by atoms with E-state index in [4.69, 9.17) is 10.6 Å². The number of phenolic OH excluding ortho intramolecular Hbond substituents is 1. The highest BCUT2D eigenvalue weighted by Gasteiger charge is 2.60. The monoisotopic (exact) mass is 515 g/mol. The van der Waals surface area contributed by atoms with Crippen LogP contribution < -0.4 is 10.6 Å². The maximum Gasteiger partial charge on any atom is 0.255 e. The van der Waals surface area contributed by atoms with E-state index in [9.17, 15) is 34.8 Å². The molecule has 0 radical (unpaired) electrons. The molecule has 1 amide bonds. The van der Waals surface area contributed by atoms with Crippen molar-refractivity contribution in [2.75, 3.05) is 19.0 Å². The van der Waals surface area contributed by atoms with E-state index in [1.54, 1.807) is 38.9 Å². The first-order valence-electron chi connectivity index (χ1n) is 11.5. The Balaban J connectivity index is 0.00000380. The molecule has 37 heavy (non-hydrogen) atoms. The standard InChI is InChI=1S/C25H29N3O8.CH4/c1-10(2)36-27-9-12-7-15(28(3)4)14-6-11-5-13-8-16(29)19(24(26)34)23(33)25(13,35)22(32)17(11)21(31)18(14)20(12)30;/h7,9-11,13,30-31,33,35H,5-6,8H2,1-4H3,(H2,26,34);1H4/b27-9+;/t11-,13+,25+;/m1./s1. The molecule has 3 atom stereocenters. The Hall–Kier alpha value is -3.86. The number of benzene rings is 1. The number of amides is 1. The average molecular weight is 516 g/mol. The lowest BCUT2D eigenvalue weighted by Crippen LogP contribution is -2.58. The predicted molar refractivity (Wildman–Crippen MR) is 136 cm³/mol. The highest BCUT2D eigenvalue weighted by molar-refractivity contribution is 6.22. The number of carbonyl (C=O) groups excluding carboxylic acids is 3. The van der Waals surface area contributed by atoms with Gasteiger partial charge in [-0.15, -0.1) is 0 Å². The third kappa shape index (κ3) is 4.12. The van der Waals surface area contributed by atoms with E-state index < -0.39 is 52.0 Å². The third-order valence-corrected chi connectivity index (χ3v) is 7.01. The van der Waals surface area contributed by atoms with Crippen LogP contribution in [-0.4, -0.2) is 69.9 Å². The van der Waals surface area contributed by atoms with Crippen molar-refractivity contribution in [3.05, 3.63) is 39.7 Å². The number of fused-ring (bicyclic) bond motifs is 3. The van der Waals surface area contributed by atoms with Gasteiger partial charge >= 0.3 is 0 Å². The molecule has 3 aliphatic carbocycles. The SMILES string of the molecule is C.CC(C)O/N=C/c1cc(N(C)C)c2c(c1O)C(O)=C1C(=O)[C@]3(O)C(O)=C(C(N)=O)C(=O)C[C@@H]3C[C@@H]1C2. The molecular weight excluding hydrogens is 482 g/mol. The summed E-state index contributed by atoms with van der Waals surface area (Å²) in [5.41, 5.74) is 3.06. The molecule has 3 aliphatic rings. The van der Waals surface area contributed by atoms with Gasteiger partial charge in [-0.1, -0.05) is 12.6 Å². The van der Waals surface area contributed by atoms with Crippen LogP contribution in [0.4, 0.5) is 5.69 Å². The molecule has 0 aliphatic heterocycles. The number of phenols is 1. The number of ketones is 2. The maximum atomic E-state index is 13.6. The van der Waals surface area contributed by atoms with Gasteiger partial charge in [-0.2, -0.15) is 0 Å². The normalized spacial score (nSPS) is 25.0. The van der Waals surface area contributed by atoms with E-state index in [1.807, 2.05) is 0 Å². The molecule has 11 heteroatoms. The largest absolute Gasteiger partial charge is 0.508 e. The van der Waals surface area contributed by atoms with E-state index in [2.05, 4.69) is 5.16 Å². The number of aliphatic hydroxyl groups is 3. The van der Waals surface area contributed by atoms with E-state index >= 15 is 0 Å². The third-order valence-electron chi connectivity index (χ3n) is 7.01. The van der Waals surface area contributed by atoms with E-state index in [0.29, 0.717) is 11.3 Å². The van der Waals surface area contributed by atoms with Gasteiger partial charge in [0.25, 0.3) is 5.91 Å². The molecule has 0 spiro atoms. The lowest BCUT2D eigenvalue weighted by Gasteiger charge is -2.46. The van der Waals surface area contributed by atoms with Crippen LogP contribution in [0.1, 0.15) is 50.8 Å². The second-order valence-electron chi connectivity index (χ2n) is 9.88. The zero-order chi connectivity index (χ0) is 26.7. The van der Waals surface area contributed by atoms with E-state index in [0.717, 1.165) is 0 Å². The van der Waals surface area contributed by atoms with Crippen molar-refractivity contribution in [1.82, 2.24) is 0 Å². The Morgan fingerprint density at radius 2 is 1.89 bits per heavy atom. The van der Waals surface area contributed by atoms with Crippen LogP contribution in [0.3, 0.4) is 0 Å². The molecule has 0 aromatic heterocycles. The number of anilines is 1. The highest BCUT2D eigenvalue weighted by atomic mass is 16.6. The molecule has 0 unspecified atom stereocenters. The second-order valence-corrected chi connectivity index (χ2v) is 9.88. The van der Waals surface area contributed by atoms with Crippen LogP contribution in [0.2, 0.25) is 0 Å². The van der Waals surface area contributed by atoms with Crippen LogP contribution in [0.5, 0.6) is 5.75 Å². The fraction of sp³-hybridized carbons (Fsp3) is 0.462. The van der Waals surface area contributed by atoms with Gasteiger partial charge in [-0.05, 0) is 44.2 Å². The van der Waals surface area contributed by atoms with Crippen molar-refractivity contribution >= 4 is 35.1 Å². The van der Waals surface area contributed by atoms with Crippen molar-refractivity contribution in [1.29, 1.82) is 0 Å². The summed E-state index contributed by atoms with van der Waals surface area (Å²) >= 11 is 0. The summed E-state index contributed by atoms with van der Waals surface area (Å²) in [7, 11) is 3.57. The molecule has 6 N–H and O–H groups in total. The molecule has 0 heterocycles. The minimum absolute atomic E-state index is 0. The van der Waals surface area contributed by atoms with Crippen LogP contribution in [0.25, 0.3) is 5.76 Å². The topological polar surface area (TPSA) is 183 Å². The van der Waals surface area contributed by atoms with Crippen LogP contribution in [-0.2, 0) is 25.6 Å². The number of hydrogen-bond donors (Lipinski definition) is 5. The fourth-order valence-corrected chi connectivity index (χ4v) is 5.40. The zero-order valence-corrected chi connectivity index (χ0v) is 20.4. The summed E-state index contributed by atoms with van der Waals surface area (Å²) < 4.78 is 0. The van der Waals surface area contributed by atoms with Gasteiger partial charge < -0.3 is 35.9 Å². The number of rotatable bonds is 5. The number of nitrogens with zero attached hydrogens (tertiary/aromatic N) is 2. The number of aromatic hydroxyl groups is 1. The molecule has 0 saturated heterocycles. The average Bonchev–Trinajstić information content (AvgIpc) is 2.77. The second kappa shape index (κ2) is 9.55. The number of primary amides is 1. The molecule has 1 aromatic carbocycles. The number of carbonyl (C=O) groups is 3. The predicted octanol–water partition coefficient (Wildman–Crippen LogP) is 1.88. The summed E-state index contributed by atoms with van der Waals surface area (Å²) in [6, 6.07) is 1.68. The van der Waals surface area contributed by atoms with Gasteiger partial charge in [0.15, 0.2) is 11.4 Å². The minimum Gasteiger partial charge on any atom is -0.508 e. The molecule has 1 aromatic rings. The molecule has 1 fully saturated rings.